The van der Waals surface area contributed by atoms with Gasteiger partial charge >= 0.3 is 0 Å². The molecule has 3 aromatic rings. The van der Waals surface area contributed by atoms with Crippen LogP contribution in [0.4, 0.5) is 5.69 Å². The van der Waals surface area contributed by atoms with Gasteiger partial charge < -0.3 is 15.2 Å². The van der Waals surface area contributed by atoms with Crippen LogP contribution in [0.15, 0.2) is 47.6 Å². The number of para-hydroxylation sites is 1. The van der Waals surface area contributed by atoms with Crippen molar-refractivity contribution >= 4 is 52.5 Å². The summed E-state index contributed by atoms with van der Waals surface area (Å²) in [6.07, 6.45) is 0. The lowest BCUT2D eigenvalue weighted by Gasteiger charge is -2.14. The number of hydrogen-bond acceptors (Lipinski definition) is 5. The Morgan fingerprint density at radius 1 is 1.13 bits per heavy atom. The fourth-order valence-electron chi connectivity index (χ4n) is 2.84. The average molecular weight is 478 g/mol. The maximum absolute atomic E-state index is 12.5. The van der Waals surface area contributed by atoms with E-state index in [0.29, 0.717) is 26.6 Å². The lowest BCUT2D eigenvalue weighted by atomic mass is 10.2. The molecule has 3 rings (SSSR count). The third-order valence-electron chi connectivity index (χ3n) is 4.54. The van der Waals surface area contributed by atoms with Crippen molar-refractivity contribution < 1.29 is 9.59 Å². The Bertz CT molecular complexity index is 1120. The molecule has 0 aliphatic rings. The average Bonchev–Trinajstić information content (AvgIpc) is 3.10. The Hall–Kier alpha value is -2.55. The summed E-state index contributed by atoms with van der Waals surface area (Å²) in [5, 5.41) is 15.3. The zero-order valence-corrected chi connectivity index (χ0v) is 19.5. The first-order valence-electron chi connectivity index (χ1n) is 9.39. The van der Waals surface area contributed by atoms with Crippen molar-refractivity contribution in [2.24, 2.45) is 7.05 Å². The maximum Gasteiger partial charge on any atom is 0.251 e. The van der Waals surface area contributed by atoms with Crippen molar-refractivity contribution in [3.05, 3.63) is 69.5 Å². The number of carbonyl (C=O) groups excluding carboxylic acids is 2. The number of hydrogen-bond donors (Lipinski definition) is 2. The SMILES string of the molecule is Cc1ccccc1NC(=O)CSc1nnc([C@@H](C)NC(=O)c2ccc(Cl)c(Cl)c2)n1C. The van der Waals surface area contributed by atoms with E-state index in [0.717, 1.165) is 11.3 Å². The number of benzene rings is 2. The van der Waals surface area contributed by atoms with Gasteiger partial charge in [-0.05, 0) is 43.7 Å². The van der Waals surface area contributed by atoms with E-state index in [-0.39, 0.29) is 17.6 Å². The second-order valence-corrected chi connectivity index (χ2v) is 8.63. The zero-order chi connectivity index (χ0) is 22.5. The van der Waals surface area contributed by atoms with Gasteiger partial charge in [0.1, 0.15) is 0 Å². The van der Waals surface area contributed by atoms with Gasteiger partial charge in [-0.1, -0.05) is 53.2 Å². The molecule has 162 valence electrons. The summed E-state index contributed by atoms with van der Waals surface area (Å²) >= 11 is 13.2. The van der Waals surface area contributed by atoms with Gasteiger partial charge in [-0.2, -0.15) is 0 Å². The summed E-state index contributed by atoms with van der Waals surface area (Å²) in [5.41, 5.74) is 2.17. The molecule has 1 heterocycles. The Kier molecular flexibility index (Phi) is 7.59. The zero-order valence-electron chi connectivity index (χ0n) is 17.1. The standard InChI is InChI=1S/C21H21Cl2N5O2S/c1-12-6-4-5-7-17(12)25-18(29)11-31-21-27-26-19(28(21)3)13(2)24-20(30)14-8-9-15(22)16(23)10-14/h4-10,13H,11H2,1-3H3,(H,24,30)(H,25,29)/t13-/m1/s1. The molecule has 0 unspecified atom stereocenters. The molecule has 0 bridgehead atoms. The molecule has 2 amide bonds. The fourth-order valence-corrected chi connectivity index (χ4v) is 3.86. The number of aromatic nitrogens is 3. The van der Waals surface area contributed by atoms with Crippen LogP contribution in [0.5, 0.6) is 0 Å². The Labute approximate surface area is 194 Å². The number of aryl methyl sites for hydroxylation is 1. The van der Waals surface area contributed by atoms with Gasteiger partial charge in [0.15, 0.2) is 11.0 Å². The number of carbonyl (C=O) groups is 2. The van der Waals surface area contributed by atoms with Gasteiger partial charge in [0.2, 0.25) is 5.91 Å². The van der Waals surface area contributed by atoms with Crippen LogP contribution >= 0.6 is 35.0 Å². The van der Waals surface area contributed by atoms with Crippen LogP contribution in [-0.4, -0.2) is 32.3 Å². The number of anilines is 1. The van der Waals surface area contributed by atoms with E-state index in [4.69, 9.17) is 23.2 Å². The quantitative estimate of drug-likeness (QED) is 0.483. The molecule has 0 fully saturated rings. The van der Waals surface area contributed by atoms with Crippen molar-refractivity contribution in [1.82, 2.24) is 20.1 Å². The third-order valence-corrected chi connectivity index (χ3v) is 6.30. The van der Waals surface area contributed by atoms with E-state index in [1.165, 1.54) is 17.8 Å². The van der Waals surface area contributed by atoms with Crippen LogP contribution < -0.4 is 10.6 Å². The Morgan fingerprint density at radius 3 is 2.58 bits per heavy atom. The molecule has 0 aliphatic carbocycles. The number of halogens is 2. The highest BCUT2D eigenvalue weighted by Gasteiger charge is 2.19. The first-order valence-corrected chi connectivity index (χ1v) is 11.1. The highest BCUT2D eigenvalue weighted by molar-refractivity contribution is 7.99. The molecule has 7 nitrogen and oxygen atoms in total. The van der Waals surface area contributed by atoms with Gasteiger partial charge in [0.25, 0.3) is 5.91 Å². The molecule has 0 spiro atoms. The van der Waals surface area contributed by atoms with E-state index in [1.54, 1.807) is 30.7 Å². The van der Waals surface area contributed by atoms with Crippen LogP contribution in [0.25, 0.3) is 0 Å². The predicted molar refractivity (Wildman–Crippen MR) is 124 cm³/mol. The first kappa shape index (κ1) is 23.1. The third kappa shape index (κ3) is 5.78. The second kappa shape index (κ2) is 10.2. The molecule has 1 aromatic heterocycles. The summed E-state index contributed by atoms with van der Waals surface area (Å²) in [5.74, 6) is 0.311. The van der Waals surface area contributed by atoms with Gasteiger partial charge in [-0.25, -0.2) is 0 Å². The Balaban J connectivity index is 1.59. The number of nitrogens with zero attached hydrogens (tertiary/aromatic N) is 3. The molecule has 10 heteroatoms. The van der Waals surface area contributed by atoms with E-state index in [9.17, 15) is 9.59 Å². The number of thioether (sulfide) groups is 1. The van der Waals surface area contributed by atoms with Gasteiger partial charge in [0, 0.05) is 18.3 Å². The van der Waals surface area contributed by atoms with Crippen molar-refractivity contribution in [2.75, 3.05) is 11.1 Å². The lowest BCUT2D eigenvalue weighted by molar-refractivity contribution is -0.113. The van der Waals surface area contributed by atoms with Gasteiger partial charge in [0.05, 0.1) is 21.8 Å². The summed E-state index contributed by atoms with van der Waals surface area (Å²) in [7, 11) is 1.79. The highest BCUT2D eigenvalue weighted by atomic mass is 35.5. The number of nitrogens with one attached hydrogen (secondary N) is 2. The normalized spacial score (nSPS) is 11.8. The molecule has 0 aliphatic heterocycles. The van der Waals surface area contributed by atoms with Crippen LogP contribution in [0.3, 0.4) is 0 Å². The number of rotatable bonds is 7. The Morgan fingerprint density at radius 2 is 1.87 bits per heavy atom. The highest BCUT2D eigenvalue weighted by Crippen LogP contribution is 2.24. The summed E-state index contributed by atoms with van der Waals surface area (Å²) in [6, 6.07) is 11.9. The fraction of sp³-hybridized carbons (Fsp3) is 0.238. The van der Waals surface area contributed by atoms with E-state index < -0.39 is 6.04 Å². The molecule has 0 saturated heterocycles. The molecule has 2 aromatic carbocycles. The monoisotopic (exact) mass is 477 g/mol. The summed E-state index contributed by atoms with van der Waals surface area (Å²) in [4.78, 5) is 24.8. The van der Waals surface area contributed by atoms with Crippen LogP contribution in [0.2, 0.25) is 10.0 Å². The smallest absolute Gasteiger partial charge is 0.251 e. The van der Waals surface area contributed by atoms with E-state index >= 15 is 0 Å². The first-order chi connectivity index (χ1) is 14.8. The van der Waals surface area contributed by atoms with E-state index in [1.807, 2.05) is 31.2 Å². The minimum absolute atomic E-state index is 0.134. The molecule has 0 saturated carbocycles. The van der Waals surface area contributed by atoms with Crippen molar-refractivity contribution in [2.45, 2.75) is 25.0 Å². The molecule has 0 radical (unpaired) electrons. The second-order valence-electron chi connectivity index (χ2n) is 6.88. The van der Waals surface area contributed by atoms with Crippen molar-refractivity contribution in [1.29, 1.82) is 0 Å². The molecule has 2 N–H and O–H groups in total. The molecule has 1 atom stereocenters. The minimum Gasteiger partial charge on any atom is -0.342 e. The largest absolute Gasteiger partial charge is 0.342 e. The maximum atomic E-state index is 12.5. The summed E-state index contributed by atoms with van der Waals surface area (Å²) in [6.45, 7) is 3.74. The van der Waals surface area contributed by atoms with Crippen molar-refractivity contribution in [3.8, 4) is 0 Å². The topological polar surface area (TPSA) is 88.9 Å². The van der Waals surface area contributed by atoms with Crippen molar-refractivity contribution in [3.63, 3.8) is 0 Å². The van der Waals surface area contributed by atoms with E-state index in [2.05, 4.69) is 20.8 Å². The molecular weight excluding hydrogens is 457 g/mol. The summed E-state index contributed by atoms with van der Waals surface area (Å²) < 4.78 is 1.76. The van der Waals surface area contributed by atoms with Gasteiger partial charge in [-0.3, -0.25) is 9.59 Å². The molecule has 31 heavy (non-hydrogen) atoms. The lowest BCUT2D eigenvalue weighted by Crippen LogP contribution is -2.28. The number of amides is 2. The predicted octanol–water partition coefficient (Wildman–Crippen LogP) is 4.65. The van der Waals surface area contributed by atoms with Crippen LogP contribution in [0, 0.1) is 6.92 Å². The van der Waals surface area contributed by atoms with Crippen LogP contribution in [0.1, 0.15) is 34.7 Å². The van der Waals surface area contributed by atoms with Gasteiger partial charge in [-0.15, -0.1) is 10.2 Å². The van der Waals surface area contributed by atoms with Crippen LogP contribution in [-0.2, 0) is 11.8 Å². The molecular formula is C21H21Cl2N5O2S. The minimum atomic E-state index is -0.408.